The lowest BCUT2D eigenvalue weighted by atomic mass is 10.2. The SMILES string of the molecule is C=CC/C=C\C(=C)c1cccs1.CC. The van der Waals surface area contributed by atoms with E-state index >= 15 is 0 Å². The Morgan fingerprint density at radius 3 is 2.71 bits per heavy atom. The quantitative estimate of drug-likeness (QED) is 0.484. The third-order valence-electron chi connectivity index (χ3n) is 1.46. The van der Waals surface area contributed by atoms with Crippen molar-refractivity contribution in [2.75, 3.05) is 0 Å². The van der Waals surface area contributed by atoms with Crippen LogP contribution in [0.4, 0.5) is 0 Å². The first-order valence-electron chi connectivity index (χ1n) is 4.85. The summed E-state index contributed by atoms with van der Waals surface area (Å²) in [6.45, 7) is 11.6. The van der Waals surface area contributed by atoms with Crippen LogP contribution in [0.15, 0.2) is 48.9 Å². The lowest BCUT2D eigenvalue weighted by molar-refractivity contribution is 1.41. The summed E-state index contributed by atoms with van der Waals surface area (Å²) in [5, 5.41) is 2.06. The van der Waals surface area contributed by atoms with E-state index in [0.29, 0.717) is 0 Å². The van der Waals surface area contributed by atoms with Crippen LogP contribution in [0, 0.1) is 0 Å². The van der Waals surface area contributed by atoms with Crippen LogP contribution < -0.4 is 0 Å². The van der Waals surface area contributed by atoms with Gasteiger partial charge in [-0.1, -0.05) is 44.7 Å². The molecule has 0 amide bonds. The van der Waals surface area contributed by atoms with E-state index in [0.717, 1.165) is 12.0 Å². The van der Waals surface area contributed by atoms with Crippen molar-refractivity contribution in [3.05, 3.63) is 53.8 Å². The predicted octanol–water partition coefficient (Wildman–Crippen LogP) is 4.92. The van der Waals surface area contributed by atoms with Gasteiger partial charge in [0.1, 0.15) is 0 Å². The Balaban J connectivity index is 0.000000791. The molecule has 0 aliphatic carbocycles. The largest absolute Gasteiger partial charge is 0.144 e. The van der Waals surface area contributed by atoms with E-state index in [1.165, 1.54) is 4.88 Å². The molecule has 0 unspecified atom stereocenters. The lowest BCUT2D eigenvalue weighted by Crippen LogP contribution is -1.68. The Morgan fingerprint density at radius 1 is 1.50 bits per heavy atom. The zero-order chi connectivity index (χ0) is 10.8. The third kappa shape index (κ3) is 4.83. The van der Waals surface area contributed by atoms with Gasteiger partial charge in [-0.25, -0.2) is 0 Å². The normalized spacial score (nSPS) is 9.29. The fraction of sp³-hybridized carbons (Fsp3) is 0.231. The zero-order valence-corrected chi connectivity index (χ0v) is 9.81. The van der Waals surface area contributed by atoms with Gasteiger partial charge in [-0.3, -0.25) is 0 Å². The second-order valence-corrected chi connectivity index (χ2v) is 3.38. The van der Waals surface area contributed by atoms with Crippen molar-refractivity contribution in [3.63, 3.8) is 0 Å². The highest BCUT2D eigenvalue weighted by Gasteiger charge is 1.92. The lowest BCUT2D eigenvalue weighted by Gasteiger charge is -1.92. The van der Waals surface area contributed by atoms with Gasteiger partial charge in [0, 0.05) is 4.88 Å². The van der Waals surface area contributed by atoms with E-state index < -0.39 is 0 Å². The first kappa shape index (κ1) is 12.9. The molecule has 1 rings (SSSR count). The summed E-state index contributed by atoms with van der Waals surface area (Å²) >= 11 is 1.71. The van der Waals surface area contributed by atoms with Gasteiger partial charge in [0.05, 0.1) is 0 Å². The van der Waals surface area contributed by atoms with E-state index in [4.69, 9.17) is 0 Å². The molecule has 1 aromatic heterocycles. The van der Waals surface area contributed by atoms with Crippen molar-refractivity contribution >= 4 is 16.9 Å². The average molecular weight is 206 g/mol. The summed E-state index contributed by atoms with van der Waals surface area (Å²) in [4.78, 5) is 1.23. The van der Waals surface area contributed by atoms with E-state index in [2.05, 4.69) is 30.7 Å². The van der Waals surface area contributed by atoms with Crippen LogP contribution in [-0.2, 0) is 0 Å². The van der Waals surface area contributed by atoms with E-state index in [9.17, 15) is 0 Å². The smallest absolute Gasteiger partial charge is 0.0336 e. The van der Waals surface area contributed by atoms with Crippen molar-refractivity contribution < 1.29 is 0 Å². The molecule has 14 heavy (non-hydrogen) atoms. The average Bonchev–Trinajstić information content (AvgIpc) is 2.74. The number of allylic oxidation sites excluding steroid dienone is 4. The van der Waals surface area contributed by atoms with Crippen LogP contribution in [0.3, 0.4) is 0 Å². The molecule has 0 aromatic carbocycles. The maximum Gasteiger partial charge on any atom is 0.0336 e. The maximum absolute atomic E-state index is 3.96. The number of rotatable bonds is 4. The summed E-state index contributed by atoms with van der Waals surface area (Å²) in [5.74, 6) is 0. The number of hydrogen-bond acceptors (Lipinski definition) is 1. The summed E-state index contributed by atoms with van der Waals surface area (Å²) in [5.41, 5.74) is 1.08. The fourth-order valence-electron chi connectivity index (χ4n) is 0.850. The van der Waals surface area contributed by atoms with Crippen LogP contribution in [-0.4, -0.2) is 0 Å². The molecule has 0 nitrogen and oxygen atoms in total. The highest BCUT2D eigenvalue weighted by atomic mass is 32.1. The van der Waals surface area contributed by atoms with Gasteiger partial charge in [-0.05, 0) is 23.4 Å². The van der Waals surface area contributed by atoms with Gasteiger partial charge >= 0.3 is 0 Å². The minimum atomic E-state index is 0.907. The van der Waals surface area contributed by atoms with Gasteiger partial charge in [0.2, 0.25) is 0 Å². The van der Waals surface area contributed by atoms with Crippen LogP contribution in [0.25, 0.3) is 5.57 Å². The van der Waals surface area contributed by atoms with E-state index in [1.54, 1.807) is 11.3 Å². The van der Waals surface area contributed by atoms with Crippen molar-refractivity contribution in [2.45, 2.75) is 20.3 Å². The molecule has 76 valence electrons. The molecule has 0 aliphatic rings. The third-order valence-corrected chi connectivity index (χ3v) is 2.40. The Labute approximate surface area is 91.3 Å². The first-order chi connectivity index (χ1) is 6.84. The van der Waals surface area contributed by atoms with Crippen LogP contribution >= 0.6 is 11.3 Å². The molecule has 0 aliphatic heterocycles. The molecule has 0 saturated heterocycles. The zero-order valence-electron chi connectivity index (χ0n) is 8.99. The highest BCUT2D eigenvalue weighted by molar-refractivity contribution is 7.11. The monoisotopic (exact) mass is 206 g/mol. The van der Waals surface area contributed by atoms with Gasteiger partial charge in [-0.15, -0.1) is 17.9 Å². The standard InChI is InChI=1S/C11H12S.C2H6/c1-3-4-5-7-10(2)11-8-6-9-12-11;1-2/h3,5-9H,1-2,4H2;1-2H3/b7-5-;. The minimum absolute atomic E-state index is 0.907. The van der Waals surface area contributed by atoms with E-state index in [-0.39, 0.29) is 0 Å². The molecule has 1 aromatic rings. The molecule has 1 heteroatoms. The molecule has 0 saturated carbocycles. The molecule has 0 N–H and O–H groups in total. The Hall–Kier alpha value is -1.08. The fourth-order valence-corrected chi connectivity index (χ4v) is 1.53. The summed E-state index contributed by atoms with van der Waals surface area (Å²) < 4.78 is 0. The van der Waals surface area contributed by atoms with Gasteiger partial charge in [0.15, 0.2) is 0 Å². The van der Waals surface area contributed by atoms with Crippen LogP contribution in [0.2, 0.25) is 0 Å². The molecular weight excluding hydrogens is 188 g/mol. The Morgan fingerprint density at radius 2 is 2.21 bits per heavy atom. The highest BCUT2D eigenvalue weighted by Crippen LogP contribution is 2.19. The van der Waals surface area contributed by atoms with Crippen LogP contribution in [0.1, 0.15) is 25.1 Å². The predicted molar refractivity (Wildman–Crippen MR) is 68.7 cm³/mol. The number of thiophene rings is 1. The molecule has 0 fully saturated rings. The first-order valence-corrected chi connectivity index (χ1v) is 5.73. The Kier molecular flexibility index (Phi) is 7.86. The second-order valence-electron chi connectivity index (χ2n) is 2.43. The topological polar surface area (TPSA) is 0 Å². The molecule has 0 atom stereocenters. The molecule has 0 bridgehead atoms. The summed E-state index contributed by atoms with van der Waals surface area (Å²) in [6, 6.07) is 4.11. The van der Waals surface area contributed by atoms with Crippen molar-refractivity contribution in [1.29, 1.82) is 0 Å². The van der Waals surface area contributed by atoms with Crippen molar-refractivity contribution in [1.82, 2.24) is 0 Å². The van der Waals surface area contributed by atoms with Crippen LogP contribution in [0.5, 0.6) is 0 Å². The molecule has 1 heterocycles. The minimum Gasteiger partial charge on any atom is -0.144 e. The maximum atomic E-state index is 3.96. The molecule has 0 spiro atoms. The van der Waals surface area contributed by atoms with Gasteiger partial charge in [0.25, 0.3) is 0 Å². The van der Waals surface area contributed by atoms with Gasteiger partial charge < -0.3 is 0 Å². The summed E-state index contributed by atoms with van der Waals surface area (Å²) in [7, 11) is 0. The van der Waals surface area contributed by atoms with Crippen molar-refractivity contribution in [2.24, 2.45) is 0 Å². The summed E-state index contributed by atoms with van der Waals surface area (Å²) in [6.07, 6.45) is 6.88. The number of hydrogen-bond donors (Lipinski definition) is 0. The molecule has 0 radical (unpaired) electrons. The molecular formula is C13H18S. The van der Waals surface area contributed by atoms with Gasteiger partial charge in [-0.2, -0.15) is 0 Å². The van der Waals surface area contributed by atoms with E-state index in [1.807, 2.05) is 32.1 Å². The van der Waals surface area contributed by atoms with Crippen molar-refractivity contribution in [3.8, 4) is 0 Å². The Bertz CT molecular complexity index is 278. The second kappa shape index (κ2) is 8.52.